The molecule has 0 aliphatic rings. The minimum Gasteiger partial charge on any atom is -0.496 e. The Morgan fingerprint density at radius 3 is 2.63 bits per heavy atom. The van der Waals surface area contributed by atoms with E-state index in [1.165, 1.54) is 0 Å². The zero-order valence-electron chi connectivity index (χ0n) is 12.2. The molecule has 0 aromatic heterocycles. The van der Waals surface area contributed by atoms with Gasteiger partial charge in [-0.2, -0.15) is 0 Å². The van der Waals surface area contributed by atoms with E-state index in [1.807, 2.05) is 39.0 Å². The van der Waals surface area contributed by atoms with Crippen LogP contribution < -0.4 is 15.8 Å². The Kier molecular flexibility index (Phi) is 5.83. The van der Waals surface area contributed by atoms with E-state index in [0.29, 0.717) is 13.1 Å². The Morgan fingerprint density at radius 1 is 1.42 bits per heavy atom. The van der Waals surface area contributed by atoms with E-state index >= 15 is 0 Å². The summed E-state index contributed by atoms with van der Waals surface area (Å²) in [6.07, 6.45) is 0. The fourth-order valence-electron chi connectivity index (χ4n) is 2.04. The average Bonchev–Trinajstić information content (AvgIpc) is 2.37. The van der Waals surface area contributed by atoms with Crippen LogP contribution in [0.2, 0.25) is 0 Å². The van der Waals surface area contributed by atoms with Crippen molar-refractivity contribution in [3.63, 3.8) is 0 Å². The summed E-state index contributed by atoms with van der Waals surface area (Å²) in [5.41, 5.74) is 7.76. The number of nitrogens with one attached hydrogen (secondary N) is 1. The van der Waals surface area contributed by atoms with Gasteiger partial charge < -0.3 is 15.8 Å². The normalized spacial score (nSPS) is 12.3. The van der Waals surface area contributed by atoms with Gasteiger partial charge in [0.15, 0.2) is 0 Å². The van der Waals surface area contributed by atoms with E-state index in [9.17, 15) is 4.79 Å². The molecule has 0 spiro atoms. The number of ether oxygens (including phenoxy) is 1. The van der Waals surface area contributed by atoms with Crippen LogP contribution in [0.5, 0.6) is 5.75 Å². The molecule has 0 saturated heterocycles. The highest BCUT2D eigenvalue weighted by molar-refractivity contribution is 5.79. The highest BCUT2D eigenvalue weighted by Crippen LogP contribution is 2.19. The third kappa shape index (κ3) is 4.24. The van der Waals surface area contributed by atoms with Crippen molar-refractivity contribution in [1.82, 2.24) is 5.32 Å². The molecule has 0 bridgehead atoms. The van der Waals surface area contributed by atoms with Crippen LogP contribution in [-0.2, 0) is 11.3 Å². The van der Waals surface area contributed by atoms with Gasteiger partial charge in [0, 0.05) is 18.7 Å². The van der Waals surface area contributed by atoms with Crippen molar-refractivity contribution in [3.05, 3.63) is 29.3 Å². The zero-order valence-corrected chi connectivity index (χ0v) is 12.2. The van der Waals surface area contributed by atoms with Gasteiger partial charge in [0.05, 0.1) is 13.0 Å². The molecule has 1 rings (SSSR count). The molecule has 106 valence electrons. The summed E-state index contributed by atoms with van der Waals surface area (Å²) in [6.45, 7) is 6.86. The van der Waals surface area contributed by atoms with Gasteiger partial charge in [-0.1, -0.05) is 31.5 Å². The van der Waals surface area contributed by atoms with Gasteiger partial charge in [-0.3, -0.25) is 4.79 Å². The number of hydrogen-bond donors (Lipinski definition) is 2. The largest absolute Gasteiger partial charge is 0.496 e. The summed E-state index contributed by atoms with van der Waals surface area (Å²) < 4.78 is 5.29. The standard InChI is InChI=1S/C15H24N2O2/c1-10(2)13(8-16)15(18)17-9-12-7-11(3)5-6-14(12)19-4/h5-7,10,13H,8-9,16H2,1-4H3,(H,17,18). The second-order valence-corrected chi connectivity index (χ2v) is 5.12. The lowest BCUT2D eigenvalue weighted by molar-refractivity contribution is -0.126. The molecule has 1 aromatic carbocycles. The number of amides is 1. The van der Waals surface area contributed by atoms with Crippen molar-refractivity contribution in [1.29, 1.82) is 0 Å². The molecular formula is C15H24N2O2. The first-order valence-electron chi connectivity index (χ1n) is 6.60. The van der Waals surface area contributed by atoms with Crippen LogP contribution in [0, 0.1) is 18.8 Å². The van der Waals surface area contributed by atoms with Crippen LogP contribution in [0.3, 0.4) is 0 Å². The molecule has 0 radical (unpaired) electrons. The maximum atomic E-state index is 12.0. The minimum atomic E-state index is -0.143. The monoisotopic (exact) mass is 264 g/mol. The molecular weight excluding hydrogens is 240 g/mol. The van der Waals surface area contributed by atoms with Gasteiger partial charge in [0.25, 0.3) is 0 Å². The highest BCUT2D eigenvalue weighted by atomic mass is 16.5. The van der Waals surface area contributed by atoms with E-state index in [4.69, 9.17) is 10.5 Å². The second-order valence-electron chi connectivity index (χ2n) is 5.12. The molecule has 19 heavy (non-hydrogen) atoms. The maximum absolute atomic E-state index is 12.0. The van der Waals surface area contributed by atoms with Crippen LogP contribution in [0.1, 0.15) is 25.0 Å². The SMILES string of the molecule is COc1ccc(C)cc1CNC(=O)C(CN)C(C)C. The number of carbonyl (C=O) groups is 1. The maximum Gasteiger partial charge on any atom is 0.224 e. The number of carbonyl (C=O) groups excluding carboxylic acids is 1. The quantitative estimate of drug-likeness (QED) is 0.824. The molecule has 4 nitrogen and oxygen atoms in total. The number of hydrogen-bond acceptors (Lipinski definition) is 3. The number of aryl methyl sites for hydroxylation is 1. The van der Waals surface area contributed by atoms with E-state index in [1.54, 1.807) is 7.11 Å². The second kappa shape index (κ2) is 7.14. The predicted molar refractivity (Wildman–Crippen MR) is 77.0 cm³/mol. The molecule has 4 heteroatoms. The van der Waals surface area contributed by atoms with Crippen molar-refractivity contribution < 1.29 is 9.53 Å². The molecule has 0 aliphatic carbocycles. The first-order chi connectivity index (χ1) is 8.99. The van der Waals surface area contributed by atoms with Crippen LogP contribution >= 0.6 is 0 Å². The van der Waals surface area contributed by atoms with Crippen LogP contribution in [0.25, 0.3) is 0 Å². The Balaban J connectivity index is 2.71. The summed E-state index contributed by atoms with van der Waals surface area (Å²) >= 11 is 0. The summed E-state index contributed by atoms with van der Waals surface area (Å²) in [5.74, 6) is 0.890. The van der Waals surface area contributed by atoms with E-state index in [-0.39, 0.29) is 17.7 Å². The molecule has 0 heterocycles. The van der Waals surface area contributed by atoms with E-state index < -0.39 is 0 Å². The van der Waals surface area contributed by atoms with Crippen molar-refractivity contribution in [3.8, 4) is 5.75 Å². The third-order valence-electron chi connectivity index (χ3n) is 3.28. The lowest BCUT2D eigenvalue weighted by Crippen LogP contribution is -2.37. The van der Waals surface area contributed by atoms with Gasteiger partial charge in [-0.15, -0.1) is 0 Å². The molecule has 0 saturated carbocycles. The number of nitrogens with two attached hydrogens (primary N) is 1. The van der Waals surface area contributed by atoms with Gasteiger partial charge in [0.2, 0.25) is 5.91 Å². The van der Waals surface area contributed by atoms with Crippen molar-refractivity contribution in [2.24, 2.45) is 17.6 Å². The van der Waals surface area contributed by atoms with Crippen LogP contribution in [0.4, 0.5) is 0 Å². The molecule has 1 unspecified atom stereocenters. The minimum absolute atomic E-state index is 0.000981. The smallest absolute Gasteiger partial charge is 0.224 e. The Bertz CT molecular complexity index is 430. The van der Waals surface area contributed by atoms with Gasteiger partial charge in [-0.25, -0.2) is 0 Å². The average molecular weight is 264 g/mol. The van der Waals surface area contributed by atoms with E-state index in [0.717, 1.165) is 16.9 Å². The van der Waals surface area contributed by atoms with Gasteiger partial charge in [0.1, 0.15) is 5.75 Å². The summed E-state index contributed by atoms with van der Waals surface area (Å²) in [5, 5.41) is 2.93. The van der Waals surface area contributed by atoms with Gasteiger partial charge in [-0.05, 0) is 18.9 Å². The van der Waals surface area contributed by atoms with Crippen molar-refractivity contribution >= 4 is 5.91 Å². The molecule has 0 aliphatic heterocycles. The Morgan fingerprint density at radius 2 is 2.11 bits per heavy atom. The van der Waals surface area contributed by atoms with Crippen molar-refractivity contribution in [2.75, 3.05) is 13.7 Å². The molecule has 1 atom stereocenters. The number of methoxy groups -OCH3 is 1. The number of rotatable bonds is 6. The number of benzene rings is 1. The first-order valence-corrected chi connectivity index (χ1v) is 6.60. The Hall–Kier alpha value is -1.55. The summed E-state index contributed by atoms with van der Waals surface area (Å²) in [7, 11) is 1.63. The molecule has 0 fully saturated rings. The summed E-state index contributed by atoms with van der Waals surface area (Å²) in [6, 6.07) is 5.92. The molecule has 1 amide bonds. The van der Waals surface area contributed by atoms with Crippen molar-refractivity contribution in [2.45, 2.75) is 27.3 Å². The molecule has 3 N–H and O–H groups in total. The van der Waals surface area contributed by atoms with Gasteiger partial charge >= 0.3 is 0 Å². The summed E-state index contributed by atoms with van der Waals surface area (Å²) in [4.78, 5) is 12.0. The molecule has 1 aromatic rings. The lowest BCUT2D eigenvalue weighted by Gasteiger charge is -2.19. The highest BCUT2D eigenvalue weighted by Gasteiger charge is 2.20. The zero-order chi connectivity index (χ0) is 14.4. The van der Waals surface area contributed by atoms with E-state index in [2.05, 4.69) is 5.32 Å². The van der Waals surface area contributed by atoms with Crippen LogP contribution in [-0.4, -0.2) is 19.6 Å². The predicted octanol–water partition coefficient (Wildman–Crippen LogP) is 1.85. The topological polar surface area (TPSA) is 64.3 Å². The fraction of sp³-hybridized carbons (Fsp3) is 0.533. The third-order valence-corrected chi connectivity index (χ3v) is 3.28. The first kappa shape index (κ1) is 15.5. The fourth-order valence-corrected chi connectivity index (χ4v) is 2.04. The lowest BCUT2D eigenvalue weighted by atomic mass is 9.95. The van der Waals surface area contributed by atoms with Crippen LogP contribution in [0.15, 0.2) is 18.2 Å². The Labute approximate surface area is 115 Å².